The van der Waals surface area contributed by atoms with E-state index in [1.54, 1.807) is 17.9 Å². The predicted octanol–water partition coefficient (Wildman–Crippen LogP) is 0.625. The number of aromatic nitrogens is 2. The van der Waals surface area contributed by atoms with Crippen molar-refractivity contribution >= 4 is 5.97 Å². The number of carboxylic acid groups (broad SMARTS) is 1. The van der Waals surface area contributed by atoms with Crippen molar-refractivity contribution in [2.24, 2.45) is 12.8 Å². The zero-order valence-electron chi connectivity index (χ0n) is 9.06. The van der Waals surface area contributed by atoms with E-state index in [9.17, 15) is 4.79 Å². The smallest absolute Gasteiger partial charge is 0.330 e. The van der Waals surface area contributed by atoms with E-state index in [0.29, 0.717) is 0 Å². The van der Waals surface area contributed by atoms with Crippen LogP contribution in [-0.2, 0) is 17.3 Å². The Bertz CT molecular complexity index is 405. The Labute approximate surface area is 88.2 Å². The molecule has 1 aromatic rings. The molecule has 15 heavy (non-hydrogen) atoms. The number of carbonyl (C=O) groups is 1. The van der Waals surface area contributed by atoms with Crippen molar-refractivity contribution in [1.82, 2.24) is 9.78 Å². The van der Waals surface area contributed by atoms with Gasteiger partial charge in [0.05, 0.1) is 5.69 Å². The molecule has 0 aliphatic heterocycles. The molecular weight excluding hydrogens is 194 g/mol. The maximum atomic E-state index is 10.5. The second-order valence-electron chi connectivity index (χ2n) is 3.94. The standard InChI is InChI=1S/C10H15N3O2/c1-10(2,7(11)6-9(14)15)8-4-5-13(3)12-8/h4-6H,11H2,1-3H3,(H,14,15). The molecule has 1 aromatic heterocycles. The number of nitrogens with zero attached hydrogens (tertiary/aromatic N) is 2. The Morgan fingerprint density at radius 1 is 1.67 bits per heavy atom. The average molecular weight is 209 g/mol. The first kappa shape index (κ1) is 11.3. The van der Waals surface area contributed by atoms with Gasteiger partial charge in [-0.25, -0.2) is 4.79 Å². The third-order valence-corrected chi connectivity index (χ3v) is 2.35. The van der Waals surface area contributed by atoms with E-state index >= 15 is 0 Å². The molecule has 0 unspecified atom stereocenters. The lowest BCUT2D eigenvalue weighted by Gasteiger charge is -2.22. The second kappa shape index (κ2) is 3.76. The molecule has 0 saturated carbocycles. The summed E-state index contributed by atoms with van der Waals surface area (Å²) in [6.45, 7) is 3.67. The van der Waals surface area contributed by atoms with Crippen LogP contribution in [0.2, 0.25) is 0 Å². The lowest BCUT2D eigenvalue weighted by molar-refractivity contribution is -0.131. The summed E-state index contributed by atoms with van der Waals surface area (Å²) in [7, 11) is 1.80. The van der Waals surface area contributed by atoms with Gasteiger partial charge in [0.2, 0.25) is 0 Å². The Balaban J connectivity index is 3.07. The minimum atomic E-state index is -1.04. The topological polar surface area (TPSA) is 81.1 Å². The van der Waals surface area contributed by atoms with Gasteiger partial charge in [0, 0.05) is 30.4 Å². The van der Waals surface area contributed by atoms with Gasteiger partial charge in [0.1, 0.15) is 0 Å². The molecule has 0 amide bonds. The van der Waals surface area contributed by atoms with Crippen LogP contribution in [0.5, 0.6) is 0 Å². The molecule has 0 atom stereocenters. The molecule has 0 fully saturated rings. The molecule has 0 spiro atoms. The highest BCUT2D eigenvalue weighted by Gasteiger charge is 2.26. The van der Waals surface area contributed by atoms with E-state index in [1.807, 2.05) is 19.9 Å². The fraction of sp³-hybridized carbons (Fsp3) is 0.400. The lowest BCUT2D eigenvalue weighted by Crippen LogP contribution is -2.27. The highest BCUT2D eigenvalue weighted by Crippen LogP contribution is 2.26. The van der Waals surface area contributed by atoms with E-state index in [2.05, 4.69) is 5.10 Å². The van der Waals surface area contributed by atoms with Crippen molar-refractivity contribution in [3.63, 3.8) is 0 Å². The molecule has 0 saturated heterocycles. The van der Waals surface area contributed by atoms with Crippen molar-refractivity contribution in [2.45, 2.75) is 19.3 Å². The normalized spacial score (nSPS) is 12.9. The zero-order valence-corrected chi connectivity index (χ0v) is 9.06. The summed E-state index contributed by atoms with van der Waals surface area (Å²) >= 11 is 0. The van der Waals surface area contributed by atoms with Gasteiger partial charge in [0.15, 0.2) is 0 Å². The van der Waals surface area contributed by atoms with Crippen molar-refractivity contribution in [1.29, 1.82) is 0 Å². The molecule has 0 aliphatic rings. The quantitative estimate of drug-likeness (QED) is 0.715. The number of hydrogen-bond donors (Lipinski definition) is 2. The van der Waals surface area contributed by atoms with Crippen LogP contribution in [0, 0.1) is 0 Å². The van der Waals surface area contributed by atoms with Crippen LogP contribution >= 0.6 is 0 Å². The van der Waals surface area contributed by atoms with Crippen LogP contribution in [0.25, 0.3) is 0 Å². The van der Waals surface area contributed by atoms with Crippen molar-refractivity contribution in [3.8, 4) is 0 Å². The number of nitrogens with two attached hydrogens (primary N) is 1. The molecule has 3 N–H and O–H groups in total. The molecular formula is C10H15N3O2. The number of hydrogen-bond acceptors (Lipinski definition) is 3. The number of allylic oxidation sites excluding steroid dienone is 1. The van der Waals surface area contributed by atoms with E-state index in [0.717, 1.165) is 11.8 Å². The molecule has 5 heteroatoms. The van der Waals surface area contributed by atoms with Gasteiger partial charge >= 0.3 is 5.97 Å². The Morgan fingerprint density at radius 2 is 2.27 bits per heavy atom. The van der Waals surface area contributed by atoms with E-state index in [1.165, 1.54) is 0 Å². The number of aryl methyl sites for hydroxylation is 1. The van der Waals surface area contributed by atoms with Crippen LogP contribution in [0.4, 0.5) is 0 Å². The third-order valence-electron chi connectivity index (χ3n) is 2.35. The van der Waals surface area contributed by atoms with E-state index in [4.69, 9.17) is 10.8 Å². The summed E-state index contributed by atoms with van der Waals surface area (Å²) < 4.78 is 1.66. The zero-order chi connectivity index (χ0) is 11.6. The first-order valence-corrected chi connectivity index (χ1v) is 4.54. The highest BCUT2D eigenvalue weighted by molar-refractivity contribution is 5.81. The fourth-order valence-corrected chi connectivity index (χ4v) is 1.21. The second-order valence-corrected chi connectivity index (χ2v) is 3.94. The van der Waals surface area contributed by atoms with Crippen LogP contribution in [0.15, 0.2) is 24.0 Å². The maximum absolute atomic E-state index is 10.5. The lowest BCUT2D eigenvalue weighted by atomic mass is 9.85. The van der Waals surface area contributed by atoms with Gasteiger partial charge in [-0.1, -0.05) is 0 Å². The summed E-state index contributed by atoms with van der Waals surface area (Å²) in [5.74, 6) is -1.04. The van der Waals surface area contributed by atoms with Gasteiger partial charge in [-0.2, -0.15) is 5.10 Å². The highest BCUT2D eigenvalue weighted by atomic mass is 16.4. The summed E-state index contributed by atoms with van der Waals surface area (Å²) in [4.78, 5) is 10.5. The number of rotatable bonds is 3. The SMILES string of the molecule is Cn1ccc(C(C)(C)C(N)=CC(=O)O)n1. The molecule has 0 aromatic carbocycles. The fourth-order valence-electron chi connectivity index (χ4n) is 1.21. The molecule has 0 radical (unpaired) electrons. The van der Waals surface area contributed by atoms with Crippen LogP contribution in [-0.4, -0.2) is 20.9 Å². The van der Waals surface area contributed by atoms with Crippen molar-refractivity contribution in [2.75, 3.05) is 0 Å². The first-order chi connectivity index (χ1) is 6.84. The molecule has 0 bridgehead atoms. The van der Waals surface area contributed by atoms with E-state index in [-0.39, 0.29) is 5.70 Å². The molecule has 1 heterocycles. The van der Waals surface area contributed by atoms with E-state index < -0.39 is 11.4 Å². The van der Waals surface area contributed by atoms with Crippen LogP contribution in [0.3, 0.4) is 0 Å². The maximum Gasteiger partial charge on any atom is 0.330 e. The molecule has 0 aliphatic carbocycles. The van der Waals surface area contributed by atoms with Crippen molar-refractivity contribution in [3.05, 3.63) is 29.7 Å². The Morgan fingerprint density at radius 3 is 2.67 bits per heavy atom. The Hall–Kier alpha value is -1.78. The number of aliphatic carboxylic acids is 1. The van der Waals surface area contributed by atoms with Crippen LogP contribution in [0.1, 0.15) is 19.5 Å². The van der Waals surface area contributed by atoms with Gasteiger partial charge in [-0.15, -0.1) is 0 Å². The van der Waals surface area contributed by atoms with Gasteiger partial charge in [-0.05, 0) is 19.9 Å². The van der Waals surface area contributed by atoms with Gasteiger partial charge < -0.3 is 10.8 Å². The summed E-state index contributed by atoms with van der Waals surface area (Å²) in [6, 6.07) is 1.82. The minimum Gasteiger partial charge on any atom is -0.478 e. The average Bonchev–Trinajstić information content (AvgIpc) is 2.50. The van der Waals surface area contributed by atoms with Crippen LogP contribution < -0.4 is 5.73 Å². The molecule has 82 valence electrons. The Kier molecular flexibility index (Phi) is 2.83. The van der Waals surface area contributed by atoms with Gasteiger partial charge in [-0.3, -0.25) is 4.68 Å². The molecule has 5 nitrogen and oxygen atoms in total. The monoisotopic (exact) mass is 209 g/mol. The van der Waals surface area contributed by atoms with Crippen molar-refractivity contribution < 1.29 is 9.90 Å². The summed E-state index contributed by atoms with van der Waals surface area (Å²) in [5.41, 5.74) is 6.19. The summed E-state index contributed by atoms with van der Waals surface area (Å²) in [5, 5.41) is 12.8. The third kappa shape index (κ3) is 2.37. The summed E-state index contributed by atoms with van der Waals surface area (Å²) in [6.07, 6.45) is 2.81. The number of carboxylic acids is 1. The first-order valence-electron chi connectivity index (χ1n) is 4.54. The largest absolute Gasteiger partial charge is 0.478 e. The van der Waals surface area contributed by atoms with Gasteiger partial charge in [0.25, 0.3) is 0 Å². The predicted molar refractivity (Wildman–Crippen MR) is 56.1 cm³/mol. The molecule has 1 rings (SSSR count). The minimum absolute atomic E-state index is 0.286.